The Kier molecular flexibility index (Phi) is 3.07. The topological polar surface area (TPSA) is 26.0 Å². The minimum atomic E-state index is 0.281. The lowest BCUT2D eigenvalue weighted by Gasteiger charge is -2.20. The summed E-state index contributed by atoms with van der Waals surface area (Å²) in [5, 5.41) is 0. The predicted octanol–water partition coefficient (Wildman–Crippen LogP) is 3.26. The van der Waals surface area contributed by atoms with Crippen LogP contribution in [0.1, 0.15) is 44.7 Å². The Bertz CT molecular complexity index is 344. The van der Waals surface area contributed by atoms with E-state index in [0.717, 1.165) is 5.92 Å². The molecule has 1 aromatic rings. The molecule has 0 aliphatic heterocycles. The van der Waals surface area contributed by atoms with Crippen LogP contribution in [0.4, 0.5) is 0 Å². The summed E-state index contributed by atoms with van der Waals surface area (Å²) in [4.78, 5) is 0. The molecule has 0 heterocycles. The van der Waals surface area contributed by atoms with Gasteiger partial charge in [-0.15, -0.1) is 0 Å². The van der Waals surface area contributed by atoms with Crippen LogP contribution in [-0.4, -0.2) is 6.04 Å². The Morgan fingerprint density at radius 2 is 1.69 bits per heavy atom. The van der Waals surface area contributed by atoms with Crippen LogP contribution in [0, 0.1) is 5.92 Å². The fourth-order valence-electron chi connectivity index (χ4n) is 2.59. The number of hydrogen-bond acceptors (Lipinski definition) is 1. The van der Waals surface area contributed by atoms with Gasteiger partial charge in [-0.05, 0) is 43.2 Å². The molecule has 1 saturated carbocycles. The molecule has 1 aromatic carbocycles. The maximum Gasteiger partial charge on any atom is 0.0108 e. The molecule has 1 unspecified atom stereocenters. The normalized spacial score (nSPS) is 19.8. The van der Waals surface area contributed by atoms with E-state index in [9.17, 15) is 0 Å². The Labute approximate surface area is 99.0 Å². The van der Waals surface area contributed by atoms with E-state index in [0.29, 0.717) is 5.41 Å². The SMILES string of the molecule is CC(C)Cc1ccc(C2(C(C)N)CC2)cc1. The molecular weight excluding hydrogens is 194 g/mol. The van der Waals surface area contributed by atoms with E-state index in [4.69, 9.17) is 5.73 Å². The van der Waals surface area contributed by atoms with E-state index >= 15 is 0 Å². The quantitative estimate of drug-likeness (QED) is 0.823. The zero-order valence-electron chi connectivity index (χ0n) is 10.7. The minimum absolute atomic E-state index is 0.281. The number of hydrogen-bond donors (Lipinski definition) is 1. The van der Waals surface area contributed by atoms with Gasteiger partial charge < -0.3 is 5.73 Å². The van der Waals surface area contributed by atoms with Crippen LogP contribution < -0.4 is 5.73 Å². The molecule has 16 heavy (non-hydrogen) atoms. The van der Waals surface area contributed by atoms with Gasteiger partial charge in [0.1, 0.15) is 0 Å². The third kappa shape index (κ3) is 2.15. The van der Waals surface area contributed by atoms with Crippen molar-refractivity contribution in [1.29, 1.82) is 0 Å². The fraction of sp³-hybridized carbons (Fsp3) is 0.600. The monoisotopic (exact) mass is 217 g/mol. The van der Waals surface area contributed by atoms with Gasteiger partial charge in [0.15, 0.2) is 0 Å². The molecule has 1 aliphatic carbocycles. The minimum Gasteiger partial charge on any atom is -0.327 e. The van der Waals surface area contributed by atoms with Gasteiger partial charge >= 0.3 is 0 Å². The van der Waals surface area contributed by atoms with E-state index in [2.05, 4.69) is 45.0 Å². The highest BCUT2D eigenvalue weighted by Gasteiger charge is 2.47. The number of rotatable bonds is 4. The van der Waals surface area contributed by atoms with Crippen LogP contribution in [0.2, 0.25) is 0 Å². The van der Waals surface area contributed by atoms with Crippen molar-refractivity contribution in [3.8, 4) is 0 Å². The maximum atomic E-state index is 6.08. The number of benzene rings is 1. The largest absolute Gasteiger partial charge is 0.327 e. The lowest BCUT2D eigenvalue weighted by molar-refractivity contribution is 0.556. The lowest BCUT2D eigenvalue weighted by Crippen LogP contribution is -2.31. The summed E-state index contributed by atoms with van der Waals surface area (Å²) in [6, 6.07) is 9.40. The van der Waals surface area contributed by atoms with Gasteiger partial charge in [0.2, 0.25) is 0 Å². The Morgan fingerprint density at radius 3 is 2.06 bits per heavy atom. The van der Waals surface area contributed by atoms with Crippen LogP contribution in [0.5, 0.6) is 0 Å². The van der Waals surface area contributed by atoms with Gasteiger partial charge in [0.05, 0.1) is 0 Å². The highest BCUT2D eigenvalue weighted by Crippen LogP contribution is 2.50. The van der Waals surface area contributed by atoms with Crippen molar-refractivity contribution in [2.45, 2.75) is 51.5 Å². The number of nitrogens with two attached hydrogens (primary N) is 1. The van der Waals surface area contributed by atoms with Crippen molar-refractivity contribution >= 4 is 0 Å². The average molecular weight is 217 g/mol. The Hall–Kier alpha value is -0.820. The van der Waals surface area contributed by atoms with Crippen LogP contribution in [0.3, 0.4) is 0 Å². The molecule has 0 saturated heterocycles. The molecule has 1 heteroatoms. The van der Waals surface area contributed by atoms with Gasteiger partial charge in [-0.25, -0.2) is 0 Å². The van der Waals surface area contributed by atoms with Gasteiger partial charge in [-0.3, -0.25) is 0 Å². The van der Waals surface area contributed by atoms with Crippen molar-refractivity contribution in [3.63, 3.8) is 0 Å². The standard InChI is InChI=1S/C15H23N/c1-11(2)10-13-4-6-14(7-5-13)15(8-9-15)12(3)16/h4-7,11-12H,8-10,16H2,1-3H3. The van der Waals surface area contributed by atoms with Crippen LogP contribution >= 0.6 is 0 Å². The smallest absolute Gasteiger partial charge is 0.0108 e. The van der Waals surface area contributed by atoms with Crippen molar-refractivity contribution in [1.82, 2.24) is 0 Å². The summed E-state index contributed by atoms with van der Waals surface area (Å²) in [6.45, 7) is 6.66. The molecule has 2 N–H and O–H groups in total. The first-order valence-electron chi connectivity index (χ1n) is 6.39. The zero-order chi connectivity index (χ0) is 11.8. The first kappa shape index (κ1) is 11.7. The van der Waals surface area contributed by atoms with Crippen molar-refractivity contribution in [2.75, 3.05) is 0 Å². The molecule has 0 bridgehead atoms. The molecule has 1 atom stereocenters. The lowest BCUT2D eigenvalue weighted by atomic mass is 9.88. The highest BCUT2D eigenvalue weighted by atomic mass is 14.7. The molecule has 88 valence electrons. The zero-order valence-corrected chi connectivity index (χ0v) is 10.7. The summed E-state index contributed by atoms with van der Waals surface area (Å²) < 4.78 is 0. The van der Waals surface area contributed by atoms with Gasteiger partial charge in [0, 0.05) is 11.5 Å². The van der Waals surface area contributed by atoms with Crippen molar-refractivity contribution in [3.05, 3.63) is 35.4 Å². The average Bonchev–Trinajstić information content (AvgIpc) is 2.98. The summed E-state index contributed by atoms with van der Waals surface area (Å²) in [6.07, 6.45) is 3.69. The molecule has 1 fully saturated rings. The van der Waals surface area contributed by atoms with E-state index in [1.165, 1.54) is 30.4 Å². The molecule has 1 aliphatic rings. The second kappa shape index (κ2) is 4.21. The third-order valence-corrected chi connectivity index (χ3v) is 3.83. The second-order valence-electron chi connectivity index (χ2n) is 5.74. The fourth-order valence-corrected chi connectivity index (χ4v) is 2.59. The van der Waals surface area contributed by atoms with Crippen LogP contribution in [0.15, 0.2) is 24.3 Å². The second-order valence-corrected chi connectivity index (χ2v) is 5.74. The summed E-state index contributed by atoms with van der Waals surface area (Å²) >= 11 is 0. The first-order valence-corrected chi connectivity index (χ1v) is 6.39. The molecule has 0 spiro atoms. The van der Waals surface area contributed by atoms with Crippen LogP contribution in [-0.2, 0) is 11.8 Å². The predicted molar refractivity (Wildman–Crippen MR) is 69.5 cm³/mol. The van der Waals surface area contributed by atoms with Crippen LogP contribution in [0.25, 0.3) is 0 Å². The van der Waals surface area contributed by atoms with E-state index in [1.807, 2.05) is 0 Å². The molecule has 0 amide bonds. The Morgan fingerprint density at radius 1 is 1.12 bits per heavy atom. The molecule has 0 radical (unpaired) electrons. The summed E-state index contributed by atoms with van der Waals surface area (Å²) in [5.74, 6) is 0.731. The first-order chi connectivity index (χ1) is 7.54. The van der Waals surface area contributed by atoms with Gasteiger partial charge in [-0.2, -0.15) is 0 Å². The van der Waals surface area contributed by atoms with Gasteiger partial charge in [-0.1, -0.05) is 38.1 Å². The molecule has 1 nitrogen and oxygen atoms in total. The van der Waals surface area contributed by atoms with Crippen molar-refractivity contribution < 1.29 is 0 Å². The van der Waals surface area contributed by atoms with E-state index in [-0.39, 0.29) is 6.04 Å². The van der Waals surface area contributed by atoms with E-state index in [1.54, 1.807) is 0 Å². The maximum absolute atomic E-state index is 6.08. The molecular formula is C15H23N. The van der Waals surface area contributed by atoms with Gasteiger partial charge in [0.25, 0.3) is 0 Å². The summed E-state index contributed by atoms with van der Waals surface area (Å²) in [7, 11) is 0. The Balaban J connectivity index is 2.14. The third-order valence-electron chi connectivity index (χ3n) is 3.83. The van der Waals surface area contributed by atoms with Crippen molar-refractivity contribution in [2.24, 2.45) is 11.7 Å². The summed E-state index contributed by atoms with van der Waals surface area (Å²) in [5.41, 5.74) is 9.27. The van der Waals surface area contributed by atoms with E-state index < -0.39 is 0 Å². The molecule has 2 rings (SSSR count). The molecule has 0 aromatic heterocycles. The highest BCUT2D eigenvalue weighted by molar-refractivity contribution is 5.35.